The van der Waals surface area contributed by atoms with Gasteiger partial charge >= 0.3 is 0 Å². The summed E-state index contributed by atoms with van der Waals surface area (Å²) < 4.78 is 0. The molecule has 40 valence electrons. The molecule has 0 bridgehead atoms. The SMILES string of the molecule is [Au].[Pd].[Pt].[Rh]. The van der Waals surface area contributed by atoms with Gasteiger partial charge in [0.2, 0.25) is 0 Å². The van der Waals surface area contributed by atoms with Gasteiger partial charge in [-0.1, -0.05) is 0 Å². The van der Waals surface area contributed by atoms with E-state index in [0.717, 1.165) is 0 Å². The third-order valence-corrected chi connectivity index (χ3v) is 0. The van der Waals surface area contributed by atoms with E-state index in [1.54, 1.807) is 0 Å². The van der Waals surface area contributed by atoms with Crippen molar-refractivity contribution in [3.8, 4) is 0 Å². The van der Waals surface area contributed by atoms with Crippen molar-refractivity contribution in [2.75, 3.05) is 0 Å². The van der Waals surface area contributed by atoms with Crippen LogP contribution in [-0.2, 0) is 83.3 Å². The fourth-order valence-corrected chi connectivity index (χ4v) is 0. The fourth-order valence-electron chi connectivity index (χ4n) is 0. The first-order valence-corrected chi connectivity index (χ1v) is 0. The third-order valence-electron chi connectivity index (χ3n) is 0. The summed E-state index contributed by atoms with van der Waals surface area (Å²) in [6.07, 6.45) is 0. The van der Waals surface area contributed by atoms with Crippen molar-refractivity contribution < 1.29 is 83.3 Å². The van der Waals surface area contributed by atoms with Gasteiger partial charge < -0.3 is 0 Å². The molecule has 0 unspecified atom stereocenters. The van der Waals surface area contributed by atoms with Gasteiger partial charge in [0, 0.05) is 83.3 Å². The Hall–Kier alpha value is 2.71. The zero-order valence-corrected chi connectivity index (χ0v) is 8.90. The maximum absolute atomic E-state index is 0. The summed E-state index contributed by atoms with van der Waals surface area (Å²) in [6.45, 7) is 0. The molecule has 2 radical (unpaired) electrons. The second-order valence-electron chi connectivity index (χ2n) is 0. The quantitative estimate of drug-likeness (QED) is 0.343. The molecule has 4 heavy (non-hydrogen) atoms. The standard InChI is InChI=1S/Au.Pd.Pt.Rh. The van der Waals surface area contributed by atoms with Crippen LogP contribution in [0.25, 0.3) is 0 Å². The molecule has 0 amide bonds. The summed E-state index contributed by atoms with van der Waals surface area (Å²) in [5.41, 5.74) is 0. The molecule has 0 atom stereocenters. The Morgan fingerprint density at radius 2 is 1.00 bits per heavy atom. The van der Waals surface area contributed by atoms with Gasteiger partial charge in [-0.25, -0.2) is 0 Å². The Bertz CT molecular complexity index is 8.00. The van der Waals surface area contributed by atoms with E-state index in [4.69, 9.17) is 0 Å². The fraction of sp³-hybridized carbons (Fsp3) is 0. The predicted molar refractivity (Wildman–Crippen MR) is 0 cm³/mol. The molecule has 0 rings (SSSR count). The van der Waals surface area contributed by atoms with Gasteiger partial charge in [-0.3, -0.25) is 0 Å². The Morgan fingerprint density at radius 3 is 1.00 bits per heavy atom. The smallest absolute Gasteiger partial charge is 0 e. The molecule has 0 saturated carbocycles. The van der Waals surface area contributed by atoms with Crippen LogP contribution in [0, 0.1) is 0 Å². The molecule has 0 aromatic rings. The maximum Gasteiger partial charge on any atom is 0 e. The summed E-state index contributed by atoms with van der Waals surface area (Å²) in [5, 5.41) is 0. The molecule has 4 heteroatoms. The second-order valence-corrected chi connectivity index (χ2v) is 0. The molecule has 0 heterocycles. The monoisotopic (exact) mass is 601 g/mol. The van der Waals surface area contributed by atoms with E-state index in [-0.39, 0.29) is 83.3 Å². The predicted octanol–water partition coefficient (Wildman–Crippen LogP) is -0.0100. The number of hydrogen-bond donors (Lipinski definition) is 0. The van der Waals surface area contributed by atoms with Gasteiger partial charge in [-0.2, -0.15) is 0 Å². The van der Waals surface area contributed by atoms with Crippen molar-refractivity contribution in [2.24, 2.45) is 0 Å². The van der Waals surface area contributed by atoms with Gasteiger partial charge in [-0.15, -0.1) is 0 Å². The molecule has 0 aliphatic carbocycles. The topological polar surface area (TPSA) is 0 Å². The summed E-state index contributed by atoms with van der Waals surface area (Å²) >= 11 is 0. The summed E-state index contributed by atoms with van der Waals surface area (Å²) in [4.78, 5) is 0. The van der Waals surface area contributed by atoms with Crippen molar-refractivity contribution in [2.45, 2.75) is 0 Å². The van der Waals surface area contributed by atoms with Gasteiger partial charge in [0.25, 0.3) is 0 Å². The minimum atomic E-state index is 0. The molecule has 0 spiro atoms. The van der Waals surface area contributed by atoms with E-state index in [0.29, 0.717) is 0 Å². The van der Waals surface area contributed by atoms with Crippen LogP contribution < -0.4 is 0 Å². The Balaban J connectivity index is 0. The van der Waals surface area contributed by atoms with Crippen LogP contribution in [0.15, 0.2) is 0 Å². The van der Waals surface area contributed by atoms with Gasteiger partial charge in [0.15, 0.2) is 0 Å². The van der Waals surface area contributed by atoms with Gasteiger partial charge in [0.1, 0.15) is 0 Å². The summed E-state index contributed by atoms with van der Waals surface area (Å²) in [7, 11) is 0. The molecule has 0 N–H and O–H groups in total. The average Bonchev–Trinajstić information content (AvgIpc) is 0. The summed E-state index contributed by atoms with van der Waals surface area (Å²) in [6, 6.07) is 0. The zero-order valence-electron chi connectivity index (χ0n) is 1.27. The first kappa shape index (κ1) is 29.8. The second kappa shape index (κ2) is 17.2. The molecular weight excluding hydrogens is 601 g/mol. The van der Waals surface area contributed by atoms with E-state index in [1.165, 1.54) is 0 Å². The Morgan fingerprint density at radius 1 is 1.00 bits per heavy atom. The minimum absolute atomic E-state index is 0. The van der Waals surface area contributed by atoms with E-state index in [1.807, 2.05) is 0 Å². The minimum Gasteiger partial charge on any atom is 0 e. The van der Waals surface area contributed by atoms with Crippen LogP contribution in [0.3, 0.4) is 0 Å². The van der Waals surface area contributed by atoms with Crippen molar-refractivity contribution in [1.29, 1.82) is 0 Å². The first-order chi connectivity index (χ1) is 0. The van der Waals surface area contributed by atoms with Gasteiger partial charge in [0.05, 0.1) is 0 Å². The molecule has 0 aromatic carbocycles. The molecular formula is AuPdPtRh. The largest absolute Gasteiger partial charge is 0 e. The van der Waals surface area contributed by atoms with Crippen LogP contribution in [0.4, 0.5) is 0 Å². The third kappa shape index (κ3) is 8.83. The van der Waals surface area contributed by atoms with Crippen molar-refractivity contribution in [3.05, 3.63) is 0 Å². The zero-order chi connectivity index (χ0) is 0. The molecule has 0 saturated heterocycles. The van der Waals surface area contributed by atoms with Gasteiger partial charge in [-0.05, 0) is 0 Å². The normalized spacial score (nSPS) is 0. The van der Waals surface area contributed by atoms with Crippen LogP contribution >= 0.6 is 0 Å². The van der Waals surface area contributed by atoms with Crippen molar-refractivity contribution >= 4 is 0 Å². The molecule has 0 aliphatic heterocycles. The van der Waals surface area contributed by atoms with Crippen molar-refractivity contribution in [1.82, 2.24) is 0 Å². The van der Waals surface area contributed by atoms with Crippen molar-refractivity contribution in [3.63, 3.8) is 0 Å². The number of rotatable bonds is 0. The van der Waals surface area contributed by atoms with Crippen LogP contribution in [0.1, 0.15) is 0 Å². The van der Waals surface area contributed by atoms with E-state index >= 15 is 0 Å². The van der Waals surface area contributed by atoms with E-state index in [2.05, 4.69) is 0 Å². The van der Waals surface area contributed by atoms with Crippen LogP contribution in [0.5, 0.6) is 0 Å². The van der Waals surface area contributed by atoms with Crippen LogP contribution in [-0.4, -0.2) is 0 Å². The maximum atomic E-state index is 0. The number of hydrogen-bond acceptors (Lipinski definition) is 0. The van der Waals surface area contributed by atoms with E-state index in [9.17, 15) is 0 Å². The van der Waals surface area contributed by atoms with Crippen LogP contribution in [0.2, 0.25) is 0 Å². The first-order valence-electron chi connectivity index (χ1n) is 0. The molecule has 0 fully saturated rings. The molecule has 0 aliphatic rings. The van der Waals surface area contributed by atoms with E-state index < -0.39 is 0 Å². The molecule has 0 aromatic heterocycles. The Kier molecular flexibility index (Phi) is 128. The Labute approximate surface area is 82.1 Å². The summed E-state index contributed by atoms with van der Waals surface area (Å²) in [5.74, 6) is 0. The molecule has 0 nitrogen and oxygen atoms in total. The average molecular weight is 601 g/mol.